The summed E-state index contributed by atoms with van der Waals surface area (Å²) in [6.07, 6.45) is 3.21. The lowest BCUT2D eigenvalue weighted by Crippen LogP contribution is -2.59. The van der Waals surface area contributed by atoms with E-state index in [-0.39, 0.29) is 6.17 Å². The second-order valence-corrected chi connectivity index (χ2v) is 7.13. The summed E-state index contributed by atoms with van der Waals surface area (Å²) < 4.78 is 9.37. The summed E-state index contributed by atoms with van der Waals surface area (Å²) >= 11 is 0. The number of imidazole rings is 1. The molecule has 1 N–H and O–H groups in total. The number of aromatic nitrogens is 5. The van der Waals surface area contributed by atoms with Crippen LogP contribution in [-0.4, -0.2) is 50.8 Å². The lowest BCUT2D eigenvalue weighted by Gasteiger charge is -2.42. The van der Waals surface area contributed by atoms with Crippen molar-refractivity contribution < 1.29 is 4.74 Å². The molecule has 0 saturated heterocycles. The number of methoxy groups -OCH3 is 1. The first-order valence-electron chi connectivity index (χ1n) is 9.61. The Labute approximate surface area is 172 Å². The van der Waals surface area contributed by atoms with Crippen LogP contribution < -0.4 is 20.0 Å². The van der Waals surface area contributed by atoms with Crippen LogP contribution in [0.5, 0.6) is 5.75 Å². The Balaban J connectivity index is 1.48. The van der Waals surface area contributed by atoms with Gasteiger partial charge in [0.05, 0.1) is 18.1 Å². The predicted octanol–water partition coefficient (Wildman–Crippen LogP) is 1.52. The maximum atomic E-state index is 5.32. The van der Waals surface area contributed by atoms with E-state index >= 15 is 0 Å². The van der Waals surface area contributed by atoms with E-state index in [9.17, 15) is 0 Å². The van der Waals surface area contributed by atoms with E-state index in [2.05, 4.69) is 43.2 Å². The van der Waals surface area contributed by atoms with Gasteiger partial charge in [0, 0.05) is 0 Å². The topological polar surface area (TPSA) is 88.6 Å². The molecule has 1 atom stereocenters. The van der Waals surface area contributed by atoms with Crippen molar-refractivity contribution in [1.29, 1.82) is 0 Å². The van der Waals surface area contributed by atoms with Gasteiger partial charge in [-0.25, -0.2) is 14.7 Å². The minimum Gasteiger partial charge on any atom is -0.497 e. The van der Waals surface area contributed by atoms with Gasteiger partial charge in [-0.05, 0) is 29.8 Å². The van der Waals surface area contributed by atoms with Crippen LogP contribution in [0, 0.1) is 0 Å². The number of rotatable bonds is 3. The molecule has 4 heterocycles. The molecule has 6 rings (SSSR count). The van der Waals surface area contributed by atoms with Gasteiger partial charge in [-0.2, -0.15) is 0 Å². The predicted molar refractivity (Wildman–Crippen MR) is 112 cm³/mol. The Morgan fingerprint density at radius 1 is 1.03 bits per heavy atom. The second-order valence-electron chi connectivity index (χ2n) is 7.13. The molecule has 0 fully saturated rings. The van der Waals surface area contributed by atoms with Gasteiger partial charge in [-0.15, -0.1) is 10.2 Å². The lowest BCUT2D eigenvalue weighted by atomic mass is 10.1. The average molecular weight is 401 g/mol. The number of aliphatic imine (C=N–C) groups is 1. The number of benzene rings is 2. The fourth-order valence-electron chi connectivity index (χ4n) is 3.96. The number of nitrogens with one attached hydrogen (secondary N) is 1. The molecular weight excluding hydrogens is 382 g/mol. The highest BCUT2D eigenvalue weighted by Crippen LogP contribution is 2.34. The molecule has 0 spiro atoms. The number of hydrogen-bond donors (Lipinski definition) is 1. The van der Waals surface area contributed by atoms with E-state index in [0.29, 0.717) is 13.3 Å². The molecule has 10 heteroatoms. The van der Waals surface area contributed by atoms with Gasteiger partial charge in [0.15, 0.2) is 0 Å². The number of para-hydroxylation sites is 2. The highest BCUT2D eigenvalue weighted by atomic mass is 16.5. The summed E-state index contributed by atoms with van der Waals surface area (Å²) in [4.78, 5) is 11.8. The number of ether oxygens (including phenoxy) is 1. The van der Waals surface area contributed by atoms with Crippen molar-refractivity contribution in [2.24, 2.45) is 4.99 Å². The molecule has 0 bridgehead atoms. The minimum absolute atomic E-state index is 0.130. The number of fused-ring (bicyclic) bond motifs is 5. The van der Waals surface area contributed by atoms with Crippen molar-refractivity contribution in [3.8, 4) is 5.75 Å². The van der Waals surface area contributed by atoms with Crippen molar-refractivity contribution in [1.82, 2.24) is 29.7 Å². The smallest absolute Gasteiger partial charge is 0.217 e. The Morgan fingerprint density at radius 2 is 1.83 bits per heavy atom. The molecule has 4 aromatic rings. The van der Waals surface area contributed by atoms with Crippen molar-refractivity contribution >= 4 is 22.9 Å². The zero-order valence-electron chi connectivity index (χ0n) is 16.3. The van der Waals surface area contributed by atoms with Crippen LogP contribution in [0.25, 0.3) is 11.0 Å². The number of nitrogens with zero attached hydrogens (tertiary/aromatic N) is 8. The molecule has 0 amide bonds. The highest BCUT2D eigenvalue weighted by molar-refractivity contribution is 5.99. The third kappa shape index (κ3) is 2.50. The largest absolute Gasteiger partial charge is 0.497 e. The van der Waals surface area contributed by atoms with E-state index in [0.717, 1.165) is 34.3 Å². The van der Waals surface area contributed by atoms with Crippen LogP contribution in [0.15, 0.2) is 66.2 Å². The summed E-state index contributed by atoms with van der Waals surface area (Å²) in [5.74, 6) is 2.46. The fourth-order valence-corrected chi connectivity index (χ4v) is 3.96. The van der Waals surface area contributed by atoms with Crippen LogP contribution >= 0.6 is 0 Å². The molecule has 0 unspecified atom stereocenters. The lowest BCUT2D eigenvalue weighted by molar-refractivity contribution is 0.414. The Morgan fingerprint density at radius 3 is 2.63 bits per heavy atom. The minimum atomic E-state index is -0.130. The highest BCUT2D eigenvalue weighted by Gasteiger charge is 2.36. The summed E-state index contributed by atoms with van der Waals surface area (Å²) in [5, 5.41) is 13.4. The molecule has 2 aromatic heterocycles. The van der Waals surface area contributed by atoms with E-state index in [4.69, 9.17) is 14.7 Å². The molecule has 0 radical (unpaired) electrons. The molecular formula is C20H19N9O. The molecule has 0 saturated carbocycles. The van der Waals surface area contributed by atoms with E-state index < -0.39 is 0 Å². The Bertz CT molecular complexity index is 1230. The number of guanidine groups is 1. The van der Waals surface area contributed by atoms with Crippen molar-refractivity contribution in [2.45, 2.75) is 6.17 Å². The maximum Gasteiger partial charge on any atom is 0.217 e. The van der Waals surface area contributed by atoms with Gasteiger partial charge in [0.25, 0.3) is 0 Å². The van der Waals surface area contributed by atoms with Gasteiger partial charge in [0.2, 0.25) is 11.9 Å². The molecule has 2 aromatic carbocycles. The van der Waals surface area contributed by atoms with Gasteiger partial charge < -0.3 is 10.1 Å². The van der Waals surface area contributed by atoms with Crippen LogP contribution in [0.1, 0.15) is 11.7 Å². The Hall–Kier alpha value is -4.08. The maximum absolute atomic E-state index is 5.32. The molecule has 2 aliphatic rings. The third-order valence-electron chi connectivity index (χ3n) is 5.45. The van der Waals surface area contributed by atoms with Crippen LogP contribution in [0.3, 0.4) is 0 Å². The van der Waals surface area contributed by atoms with Crippen molar-refractivity contribution in [2.75, 3.05) is 30.4 Å². The first kappa shape index (κ1) is 16.8. The van der Waals surface area contributed by atoms with Crippen LogP contribution in [0.2, 0.25) is 0 Å². The van der Waals surface area contributed by atoms with Crippen LogP contribution in [-0.2, 0) is 0 Å². The Kier molecular flexibility index (Phi) is 3.63. The molecule has 0 aliphatic carbocycles. The summed E-state index contributed by atoms with van der Waals surface area (Å²) in [6.45, 7) is 1.06. The SMILES string of the molecule is COc1ccc([C@H]2NC3=NCN(n4cnnc4)CN3c3nc4ccccc4n32)cc1. The van der Waals surface area contributed by atoms with Gasteiger partial charge in [-0.3, -0.25) is 14.5 Å². The van der Waals surface area contributed by atoms with Crippen molar-refractivity contribution in [3.05, 3.63) is 66.7 Å². The summed E-state index contributed by atoms with van der Waals surface area (Å²) in [6, 6.07) is 16.2. The number of anilines is 1. The zero-order valence-corrected chi connectivity index (χ0v) is 16.3. The zero-order chi connectivity index (χ0) is 20.1. The second kappa shape index (κ2) is 6.48. The monoisotopic (exact) mass is 401 g/mol. The molecule has 2 aliphatic heterocycles. The first-order valence-corrected chi connectivity index (χ1v) is 9.61. The normalized spacial score (nSPS) is 17.9. The standard InChI is InChI=1S/C20H19N9O/c1-30-15-8-6-14(7-9-15)18-25-19-21-10-27(26-11-22-23-12-26)13-28(19)20-24-16-4-2-3-5-17(16)29(18)20/h2-9,11-12,18H,10,13H2,1H3,(H,21,25)/t18-/m0/s1. The van der Waals surface area contributed by atoms with E-state index in [1.54, 1.807) is 19.8 Å². The molecule has 30 heavy (non-hydrogen) atoms. The molecule has 150 valence electrons. The quantitative estimate of drug-likeness (QED) is 0.557. The fraction of sp³-hybridized carbons (Fsp3) is 0.200. The number of hydrogen-bond acceptors (Lipinski definition) is 8. The van der Waals surface area contributed by atoms with Gasteiger partial charge in [0.1, 0.15) is 37.9 Å². The first-order chi connectivity index (χ1) is 14.8. The third-order valence-corrected chi connectivity index (χ3v) is 5.45. The molecule has 10 nitrogen and oxygen atoms in total. The summed E-state index contributed by atoms with van der Waals surface area (Å²) in [7, 11) is 1.67. The summed E-state index contributed by atoms with van der Waals surface area (Å²) in [5.41, 5.74) is 3.10. The van der Waals surface area contributed by atoms with E-state index in [1.807, 2.05) is 40.0 Å². The van der Waals surface area contributed by atoms with Crippen molar-refractivity contribution in [3.63, 3.8) is 0 Å². The van der Waals surface area contributed by atoms with Gasteiger partial charge >= 0.3 is 0 Å². The van der Waals surface area contributed by atoms with Crippen LogP contribution in [0.4, 0.5) is 5.95 Å². The average Bonchev–Trinajstić information content (AvgIpc) is 3.47. The van der Waals surface area contributed by atoms with Gasteiger partial charge in [-0.1, -0.05) is 24.3 Å². The van der Waals surface area contributed by atoms with E-state index in [1.165, 1.54) is 0 Å².